The summed E-state index contributed by atoms with van der Waals surface area (Å²) in [6.07, 6.45) is 3.95. The van der Waals surface area contributed by atoms with Gasteiger partial charge in [-0.1, -0.05) is 12.1 Å². The Hall–Kier alpha value is -2.47. The number of piperidine rings is 2. The number of aromatic hydroxyl groups is 1. The van der Waals surface area contributed by atoms with Crippen molar-refractivity contribution in [2.24, 2.45) is 0 Å². The molecule has 0 radical (unpaired) electrons. The molecule has 1 aromatic heterocycles. The first-order valence-electron chi connectivity index (χ1n) is 9.20. The van der Waals surface area contributed by atoms with Crippen molar-refractivity contribution in [2.75, 3.05) is 5.73 Å². The first-order valence-corrected chi connectivity index (χ1v) is 9.20. The monoisotopic (exact) mass is 350 g/mol. The number of hydrogen-bond donors (Lipinski definition) is 2. The van der Waals surface area contributed by atoms with Crippen LogP contribution < -0.4 is 5.73 Å². The Morgan fingerprint density at radius 1 is 1.23 bits per heavy atom. The lowest BCUT2D eigenvalue weighted by molar-refractivity contribution is -0.217. The van der Waals surface area contributed by atoms with Crippen molar-refractivity contribution < 1.29 is 9.90 Å². The maximum Gasteiger partial charge on any atom is 0.150 e. The third-order valence-corrected chi connectivity index (χ3v) is 6.67. The number of Topliss-reactive ketones (excluding diaryl/α,β-unsaturated/α-hetero) is 1. The molecule has 3 fully saturated rings. The second-order valence-electron chi connectivity index (χ2n) is 7.97. The highest BCUT2D eigenvalue weighted by molar-refractivity contribution is 5.89. The van der Waals surface area contributed by atoms with E-state index in [1.54, 1.807) is 19.1 Å². The highest BCUT2D eigenvalue weighted by Crippen LogP contribution is 2.59. The van der Waals surface area contributed by atoms with Gasteiger partial charge >= 0.3 is 0 Å². The third-order valence-electron chi connectivity index (χ3n) is 6.67. The van der Waals surface area contributed by atoms with Gasteiger partial charge in [0.15, 0.2) is 0 Å². The lowest BCUT2D eigenvalue weighted by atomic mass is 9.56. The zero-order valence-corrected chi connectivity index (χ0v) is 14.7. The number of nitrogens with two attached hydrogens (primary N) is 1. The van der Waals surface area contributed by atoms with Crippen LogP contribution >= 0.6 is 0 Å². The number of nitrogens with zero attached hydrogens (tertiary/aromatic N) is 3. The lowest BCUT2D eigenvalue weighted by Gasteiger charge is -2.72. The standard InChI is InChI=1S/C20H22N4O2/c1-11(25)20-9-13-6-12(7-14(10-20)24(13)20)16-8-17(22-23-19(16)21)15-4-2-3-5-18(15)26/h2-5,8,12-14,26H,6-7,9-10H2,1H3,(H2,21,23). The number of hydrogen-bond acceptors (Lipinski definition) is 6. The molecule has 0 aliphatic carbocycles. The molecule has 2 atom stereocenters. The van der Waals surface area contributed by atoms with Gasteiger partial charge < -0.3 is 10.8 Å². The molecule has 0 bridgehead atoms. The second kappa shape index (κ2) is 5.27. The van der Waals surface area contributed by atoms with Gasteiger partial charge in [-0.2, -0.15) is 0 Å². The molecular weight excluding hydrogens is 328 g/mol. The summed E-state index contributed by atoms with van der Waals surface area (Å²) in [6, 6.07) is 10.1. The number of phenols is 1. The van der Waals surface area contributed by atoms with E-state index in [0.717, 1.165) is 31.2 Å². The molecule has 3 N–H and O–H groups in total. The Morgan fingerprint density at radius 3 is 2.58 bits per heavy atom. The number of para-hydroxylation sites is 1. The number of phenolic OH excluding ortho intramolecular Hbond substituents is 1. The number of anilines is 1. The van der Waals surface area contributed by atoms with Gasteiger partial charge in [0.2, 0.25) is 0 Å². The van der Waals surface area contributed by atoms with E-state index in [4.69, 9.17) is 5.73 Å². The van der Waals surface area contributed by atoms with Crippen molar-refractivity contribution in [3.63, 3.8) is 0 Å². The van der Waals surface area contributed by atoms with Crippen molar-refractivity contribution >= 4 is 11.6 Å². The summed E-state index contributed by atoms with van der Waals surface area (Å²) in [5.74, 6) is 1.30. The van der Waals surface area contributed by atoms with Crippen LogP contribution in [0.1, 0.15) is 44.1 Å². The Bertz CT molecular complexity index is 896. The normalized spacial score (nSPS) is 32.3. The average Bonchev–Trinajstić information content (AvgIpc) is 2.57. The second-order valence-corrected chi connectivity index (χ2v) is 7.97. The summed E-state index contributed by atoms with van der Waals surface area (Å²) >= 11 is 0. The molecule has 26 heavy (non-hydrogen) atoms. The van der Waals surface area contributed by atoms with Crippen LogP contribution in [0.5, 0.6) is 5.75 Å². The molecule has 2 unspecified atom stereocenters. The number of nitrogen functional groups attached to an aromatic ring is 1. The van der Waals surface area contributed by atoms with Gasteiger partial charge in [-0.05, 0) is 56.7 Å². The van der Waals surface area contributed by atoms with Gasteiger partial charge in [0.25, 0.3) is 0 Å². The van der Waals surface area contributed by atoms with E-state index in [9.17, 15) is 9.90 Å². The molecule has 3 aliphatic heterocycles. The number of ketones is 1. The molecule has 134 valence electrons. The van der Waals surface area contributed by atoms with Crippen LogP contribution in [0.3, 0.4) is 0 Å². The molecule has 1 aromatic carbocycles. The summed E-state index contributed by atoms with van der Waals surface area (Å²) in [4.78, 5) is 14.4. The van der Waals surface area contributed by atoms with E-state index in [2.05, 4.69) is 15.1 Å². The van der Waals surface area contributed by atoms with Gasteiger partial charge in [0, 0.05) is 23.2 Å². The molecule has 4 heterocycles. The number of carbonyl (C=O) groups excluding carboxylic acids is 1. The first kappa shape index (κ1) is 15.8. The SMILES string of the molecule is CC(=O)C12CC3CC(c4cc(-c5ccccc5O)nnc4N)CC(C1)N32. The van der Waals surface area contributed by atoms with Crippen LogP contribution in [-0.2, 0) is 4.79 Å². The minimum absolute atomic E-state index is 0.149. The van der Waals surface area contributed by atoms with Crippen molar-refractivity contribution in [1.82, 2.24) is 15.1 Å². The molecular formula is C20H22N4O2. The maximum atomic E-state index is 12.0. The average molecular weight is 350 g/mol. The minimum atomic E-state index is -0.149. The molecule has 2 aromatic rings. The quantitative estimate of drug-likeness (QED) is 0.883. The topological polar surface area (TPSA) is 92.3 Å². The maximum absolute atomic E-state index is 12.0. The van der Waals surface area contributed by atoms with Crippen LogP contribution in [-0.4, -0.2) is 43.6 Å². The van der Waals surface area contributed by atoms with Crippen LogP contribution in [0.25, 0.3) is 11.3 Å². The number of benzene rings is 1. The van der Waals surface area contributed by atoms with Crippen molar-refractivity contribution in [3.05, 3.63) is 35.9 Å². The van der Waals surface area contributed by atoms with E-state index in [1.165, 1.54) is 0 Å². The highest BCUT2D eigenvalue weighted by Gasteiger charge is 2.67. The summed E-state index contributed by atoms with van der Waals surface area (Å²) in [6.45, 7) is 1.72. The zero-order chi connectivity index (χ0) is 18.1. The fourth-order valence-corrected chi connectivity index (χ4v) is 5.48. The van der Waals surface area contributed by atoms with E-state index in [1.807, 2.05) is 18.2 Å². The van der Waals surface area contributed by atoms with Crippen LogP contribution in [0.4, 0.5) is 5.82 Å². The molecule has 3 aliphatic rings. The Balaban J connectivity index is 1.44. The highest BCUT2D eigenvalue weighted by atomic mass is 16.3. The van der Waals surface area contributed by atoms with Gasteiger partial charge in [-0.3, -0.25) is 9.69 Å². The largest absolute Gasteiger partial charge is 0.507 e. The Kier molecular flexibility index (Phi) is 3.19. The molecule has 0 spiro atoms. The van der Waals surface area contributed by atoms with Crippen molar-refractivity contribution in [3.8, 4) is 17.0 Å². The Labute approximate surface area is 152 Å². The first-order chi connectivity index (χ1) is 12.5. The molecule has 5 rings (SSSR count). The molecule has 6 heteroatoms. The fourth-order valence-electron chi connectivity index (χ4n) is 5.48. The van der Waals surface area contributed by atoms with Gasteiger partial charge in [-0.25, -0.2) is 0 Å². The summed E-state index contributed by atoms with van der Waals surface area (Å²) in [5.41, 5.74) is 8.35. The van der Waals surface area contributed by atoms with Crippen molar-refractivity contribution in [1.29, 1.82) is 0 Å². The van der Waals surface area contributed by atoms with E-state index in [0.29, 0.717) is 40.9 Å². The predicted molar refractivity (Wildman–Crippen MR) is 97.6 cm³/mol. The third kappa shape index (κ3) is 1.99. The van der Waals surface area contributed by atoms with Gasteiger partial charge in [0.05, 0.1) is 11.2 Å². The number of rotatable bonds is 3. The minimum Gasteiger partial charge on any atom is -0.507 e. The molecule has 0 amide bonds. The summed E-state index contributed by atoms with van der Waals surface area (Å²) < 4.78 is 0. The van der Waals surface area contributed by atoms with Crippen LogP contribution in [0.15, 0.2) is 30.3 Å². The number of carbonyl (C=O) groups is 1. The van der Waals surface area contributed by atoms with E-state index >= 15 is 0 Å². The number of aromatic nitrogens is 2. The molecule has 6 nitrogen and oxygen atoms in total. The van der Waals surface area contributed by atoms with E-state index in [-0.39, 0.29) is 11.3 Å². The lowest BCUT2D eigenvalue weighted by Crippen LogP contribution is -2.82. The Morgan fingerprint density at radius 2 is 1.92 bits per heavy atom. The van der Waals surface area contributed by atoms with Crippen LogP contribution in [0, 0.1) is 0 Å². The smallest absolute Gasteiger partial charge is 0.150 e. The molecule has 0 saturated carbocycles. The van der Waals surface area contributed by atoms with Gasteiger partial charge in [0.1, 0.15) is 17.4 Å². The summed E-state index contributed by atoms with van der Waals surface area (Å²) in [5, 5.41) is 18.5. The summed E-state index contributed by atoms with van der Waals surface area (Å²) in [7, 11) is 0. The van der Waals surface area contributed by atoms with Crippen molar-refractivity contribution in [2.45, 2.75) is 56.1 Å². The van der Waals surface area contributed by atoms with E-state index < -0.39 is 0 Å². The van der Waals surface area contributed by atoms with Crippen LogP contribution in [0.2, 0.25) is 0 Å². The zero-order valence-electron chi connectivity index (χ0n) is 14.7. The fraction of sp³-hybridized carbons (Fsp3) is 0.450. The molecule has 3 saturated heterocycles. The van der Waals surface area contributed by atoms with Gasteiger partial charge in [-0.15, -0.1) is 10.2 Å². The predicted octanol–water partition coefficient (Wildman–Crippen LogP) is 2.48.